The van der Waals surface area contributed by atoms with Crippen molar-refractivity contribution in [3.8, 4) is 0 Å². The molecule has 0 saturated carbocycles. The molecule has 2 rings (SSSR count). The van der Waals surface area contributed by atoms with Crippen molar-refractivity contribution in [2.24, 2.45) is 5.73 Å². The summed E-state index contributed by atoms with van der Waals surface area (Å²) >= 11 is 0. The number of methoxy groups -OCH3 is 1. The Bertz CT molecular complexity index is 799. The lowest BCUT2D eigenvalue weighted by Gasteiger charge is -2.27. The summed E-state index contributed by atoms with van der Waals surface area (Å²) in [5.74, 6) is -2.97. The van der Waals surface area contributed by atoms with Gasteiger partial charge < -0.3 is 15.8 Å². The molecule has 0 aromatic heterocycles. The molecule has 7 nitrogen and oxygen atoms in total. The van der Waals surface area contributed by atoms with Gasteiger partial charge in [-0.3, -0.25) is 10.1 Å². The molecule has 1 heterocycles. The fourth-order valence-electron chi connectivity index (χ4n) is 2.73. The molecule has 1 aromatic carbocycles. The number of allylic oxidation sites excluding steroid dienone is 2. The Morgan fingerprint density at radius 1 is 1.36 bits per heavy atom. The molecule has 1 aromatic rings. The number of esters is 1. The van der Waals surface area contributed by atoms with Crippen LogP contribution in [0.15, 0.2) is 47.1 Å². The first-order valence-corrected chi connectivity index (χ1v) is 6.95. The van der Waals surface area contributed by atoms with E-state index in [-0.39, 0.29) is 11.5 Å². The molecule has 0 spiro atoms. The first-order valence-electron chi connectivity index (χ1n) is 6.95. The first-order chi connectivity index (χ1) is 11.6. The van der Waals surface area contributed by atoms with Crippen molar-refractivity contribution in [1.29, 1.82) is 0 Å². The Labute approximate surface area is 140 Å². The summed E-state index contributed by atoms with van der Waals surface area (Å²) in [6.45, 7) is 1.29. The van der Waals surface area contributed by atoms with Crippen molar-refractivity contribution in [2.45, 2.75) is 19.0 Å². The lowest BCUT2D eigenvalue weighted by atomic mass is 9.82. The molecule has 0 radical (unpaired) electrons. The Kier molecular flexibility index (Phi) is 4.73. The minimum Gasteiger partial charge on any atom is -0.466 e. The molecule has 25 heavy (non-hydrogen) atoms. The van der Waals surface area contributed by atoms with Crippen LogP contribution in [0.4, 0.5) is 13.2 Å². The molecule has 1 aliphatic heterocycles. The van der Waals surface area contributed by atoms with E-state index in [0.717, 1.165) is 25.3 Å². The molecule has 0 bridgehead atoms. The number of hydrogen-bond acceptors (Lipinski definition) is 6. The van der Waals surface area contributed by atoms with Crippen LogP contribution >= 0.6 is 0 Å². The maximum Gasteiger partial charge on any atom is 0.416 e. The molecule has 1 aliphatic rings. The van der Waals surface area contributed by atoms with E-state index in [1.807, 2.05) is 0 Å². The minimum atomic E-state index is -4.77. The molecule has 1 atom stereocenters. The van der Waals surface area contributed by atoms with Crippen LogP contribution in [0.1, 0.15) is 24.0 Å². The highest BCUT2D eigenvalue weighted by atomic mass is 19.4. The molecule has 3 N–H and O–H groups in total. The van der Waals surface area contributed by atoms with Crippen LogP contribution in [0.3, 0.4) is 0 Å². The zero-order valence-electron chi connectivity index (χ0n) is 13.2. The zero-order valence-corrected chi connectivity index (χ0v) is 13.2. The molecule has 0 fully saturated rings. The molecule has 134 valence electrons. The highest BCUT2D eigenvalue weighted by Crippen LogP contribution is 2.43. The summed E-state index contributed by atoms with van der Waals surface area (Å²) in [6, 6.07) is 4.31. The van der Waals surface area contributed by atoms with Crippen LogP contribution < -0.4 is 11.1 Å². The lowest BCUT2D eigenvalue weighted by molar-refractivity contribution is -0.431. The Hall–Kier alpha value is -3.04. The van der Waals surface area contributed by atoms with Gasteiger partial charge in [0.2, 0.25) is 0 Å². The van der Waals surface area contributed by atoms with Gasteiger partial charge in [-0.1, -0.05) is 18.2 Å². The third-order valence-electron chi connectivity index (χ3n) is 3.74. The second-order valence-corrected chi connectivity index (χ2v) is 5.23. The maximum atomic E-state index is 13.4. The largest absolute Gasteiger partial charge is 0.466 e. The van der Waals surface area contributed by atoms with Crippen LogP contribution in [0.2, 0.25) is 0 Å². The van der Waals surface area contributed by atoms with E-state index in [0.29, 0.717) is 0 Å². The first kappa shape index (κ1) is 18.3. The van der Waals surface area contributed by atoms with Crippen LogP contribution in [-0.2, 0) is 15.7 Å². The number of nitrogens with zero attached hydrogens (tertiary/aromatic N) is 1. The van der Waals surface area contributed by atoms with Crippen LogP contribution in [0.25, 0.3) is 0 Å². The minimum absolute atomic E-state index is 0.0582. The van der Waals surface area contributed by atoms with Gasteiger partial charge in [-0.05, 0) is 18.6 Å². The number of halogens is 3. The number of alkyl halides is 3. The second-order valence-electron chi connectivity index (χ2n) is 5.23. The number of nitro groups is 1. The van der Waals surface area contributed by atoms with E-state index in [4.69, 9.17) is 5.73 Å². The monoisotopic (exact) mass is 357 g/mol. The summed E-state index contributed by atoms with van der Waals surface area (Å²) in [4.78, 5) is 22.7. The summed E-state index contributed by atoms with van der Waals surface area (Å²) in [7, 11) is 1.01. The van der Waals surface area contributed by atoms with Gasteiger partial charge in [0, 0.05) is 0 Å². The van der Waals surface area contributed by atoms with E-state index in [2.05, 4.69) is 10.1 Å². The van der Waals surface area contributed by atoms with E-state index in [9.17, 15) is 28.1 Å². The molecule has 0 amide bonds. The summed E-state index contributed by atoms with van der Waals surface area (Å²) in [5, 5.41) is 13.9. The smallest absolute Gasteiger partial charge is 0.416 e. The number of nitrogens with one attached hydrogen (secondary N) is 1. The van der Waals surface area contributed by atoms with Crippen LogP contribution in [0, 0.1) is 10.1 Å². The predicted molar refractivity (Wildman–Crippen MR) is 80.2 cm³/mol. The average molecular weight is 357 g/mol. The van der Waals surface area contributed by atoms with Gasteiger partial charge in [0.25, 0.3) is 5.70 Å². The van der Waals surface area contributed by atoms with Gasteiger partial charge in [-0.2, -0.15) is 13.2 Å². The number of nitrogens with two attached hydrogens (primary N) is 1. The van der Waals surface area contributed by atoms with Crippen LogP contribution in [0.5, 0.6) is 0 Å². The number of dihydropyridines is 1. The maximum absolute atomic E-state index is 13.4. The second kappa shape index (κ2) is 6.46. The van der Waals surface area contributed by atoms with Crippen molar-refractivity contribution in [3.63, 3.8) is 0 Å². The lowest BCUT2D eigenvalue weighted by Crippen LogP contribution is -2.36. The average Bonchev–Trinajstić information content (AvgIpc) is 2.52. The van der Waals surface area contributed by atoms with Crippen molar-refractivity contribution < 1.29 is 27.6 Å². The van der Waals surface area contributed by atoms with Gasteiger partial charge in [0.15, 0.2) is 0 Å². The molecule has 0 aliphatic carbocycles. The van der Waals surface area contributed by atoms with Crippen LogP contribution in [-0.4, -0.2) is 18.0 Å². The van der Waals surface area contributed by atoms with Crippen molar-refractivity contribution >= 4 is 5.97 Å². The number of rotatable bonds is 3. The topological polar surface area (TPSA) is 107 Å². The summed E-state index contributed by atoms with van der Waals surface area (Å²) in [6.07, 6.45) is -4.77. The van der Waals surface area contributed by atoms with E-state index < -0.39 is 45.4 Å². The van der Waals surface area contributed by atoms with Gasteiger partial charge in [-0.15, -0.1) is 0 Å². The summed E-state index contributed by atoms with van der Waals surface area (Å²) < 4.78 is 44.7. The Morgan fingerprint density at radius 2 is 1.96 bits per heavy atom. The number of ether oxygens (including phenoxy) is 1. The standard InChI is InChI=1S/C15H14F3N3O4/c1-7-12(21(23)24)10(11(13(19)20-7)14(22)25-2)8-5-3-4-6-9(8)15(16,17)18/h3-6,10,20H,19H2,1-2H3. The third-order valence-corrected chi connectivity index (χ3v) is 3.74. The van der Waals surface area contributed by atoms with Crippen molar-refractivity contribution in [2.75, 3.05) is 7.11 Å². The zero-order chi connectivity index (χ0) is 18.9. The van der Waals surface area contributed by atoms with Crippen molar-refractivity contribution in [1.82, 2.24) is 5.32 Å². The molecular formula is C15H14F3N3O4. The Morgan fingerprint density at radius 3 is 2.48 bits per heavy atom. The molecular weight excluding hydrogens is 343 g/mol. The fourth-order valence-corrected chi connectivity index (χ4v) is 2.73. The highest BCUT2D eigenvalue weighted by molar-refractivity contribution is 5.92. The van der Waals surface area contributed by atoms with E-state index >= 15 is 0 Å². The van der Waals surface area contributed by atoms with Gasteiger partial charge in [0.05, 0.1) is 28.9 Å². The summed E-state index contributed by atoms with van der Waals surface area (Å²) in [5.41, 5.74) is 3.07. The quantitative estimate of drug-likeness (QED) is 0.488. The van der Waals surface area contributed by atoms with Gasteiger partial charge >= 0.3 is 12.1 Å². The number of carbonyl (C=O) groups is 1. The van der Waals surface area contributed by atoms with Gasteiger partial charge in [-0.25, -0.2) is 4.79 Å². The SMILES string of the molecule is COC(=O)C1=C(N)NC(C)=C([N+](=O)[O-])C1c1ccccc1C(F)(F)F. The number of carbonyl (C=O) groups excluding carboxylic acids is 1. The molecule has 1 unspecified atom stereocenters. The van der Waals surface area contributed by atoms with E-state index in [1.54, 1.807) is 0 Å². The van der Waals surface area contributed by atoms with Gasteiger partial charge in [0.1, 0.15) is 11.7 Å². The van der Waals surface area contributed by atoms with E-state index in [1.165, 1.54) is 13.0 Å². The number of benzene rings is 1. The molecule has 10 heteroatoms. The fraction of sp³-hybridized carbons (Fsp3) is 0.267. The third kappa shape index (κ3) is 3.28. The highest BCUT2D eigenvalue weighted by Gasteiger charge is 2.45. The molecule has 0 saturated heterocycles. The van der Waals surface area contributed by atoms with Crippen molar-refractivity contribution in [3.05, 3.63) is 68.3 Å². The normalized spacial score (nSPS) is 18.0. The predicted octanol–water partition coefficient (Wildman–Crippen LogP) is 2.24. The number of hydrogen-bond donors (Lipinski definition) is 2. The Balaban J connectivity index is 2.82.